The predicted molar refractivity (Wildman–Crippen MR) is 128 cm³/mol. The van der Waals surface area contributed by atoms with Crippen molar-refractivity contribution in [3.05, 3.63) is 70.9 Å². The highest BCUT2D eigenvalue weighted by molar-refractivity contribution is 7.92. The van der Waals surface area contributed by atoms with Crippen LogP contribution in [0.2, 0.25) is 0 Å². The molecule has 0 bridgehead atoms. The zero-order valence-electron chi connectivity index (χ0n) is 18.6. The molecule has 0 aliphatic heterocycles. The van der Waals surface area contributed by atoms with Crippen molar-refractivity contribution in [2.45, 2.75) is 32.1 Å². The number of aryl methyl sites for hydroxylation is 1. The van der Waals surface area contributed by atoms with E-state index >= 15 is 0 Å². The Morgan fingerprint density at radius 2 is 1.76 bits per heavy atom. The van der Waals surface area contributed by atoms with Crippen molar-refractivity contribution in [2.24, 2.45) is 0 Å². The molecule has 2 heterocycles. The zero-order chi connectivity index (χ0) is 24.0. The standard InChI is InChI=1S/C23H25N3O5S2/c1-4-19-16(3)32-22(21(19)23(28)31-5-2)25-20(27)15-26(17-11-13-24-14-12-17)33(29,30)18-9-7-6-8-10-18/h6-14H,4-5,15H2,1-3H3,(H,25,27). The van der Waals surface area contributed by atoms with Crippen LogP contribution in [0.15, 0.2) is 59.8 Å². The monoisotopic (exact) mass is 487 g/mol. The van der Waals surface area contributed by atoms with Gasteiger partial charge in [-0.2, -0.15) is 0 Å². The predicted octanol–water partition coefficient (Wildman–Crippen LogP) is 4.02. The Morgan fingerprint density at radius 1 is 1.09 bits per heavy atom. The Hall–Kier alpha value is -3.24. The largest absolute Gasteiger partial charge is 0.462 e. The van der Waals surface area contributed by atoms with E-state index in [1.165, 1.54) is 48.0 Å². The molecule has 0 fully saturated rings. The number of hydrogen-bond donors (Lipinski definition) is 1. The molecule has 33 heavy (non-hydrogen) atoms. The third-order valence-electron chi connectivity index (χ3n) is 4.86. The van der Waals surface area contributed by atoms with E-state index in [9.17, 15) is 18.0 Å². The van der Waals surface area contributed by atoms with Gasteiger partial charge in [0, 0.05) is 17.3 Å². The summed E-state index contributed by atoms with van der Waals surface area (Å²) in [6.45, 7) is 5.21. The van der Waals surface area contributed by atoms with Crippen LogP contribution in [0.4, 0.5) is 10.7 Å². The number of ether oxygens (including phenoxy) is 1. The van der Waals surface area contributed by atoms with Crippen LogP contribution < -0.4 is 9.62 Å². The molecule has 1 aromatic carbocycles. The van der Waals surface area contributed by atoms with Gasteiger partial charge in [0.25, 0.3) is 10.0 Å². The van der Waals surface area contributed by atoms with E-state index in [1.807, 2.05) is 13.8 Å². The van der Waals surface area contributed by atoms with Gasteiger partial charge < -0.3 is 10.1 Å². The number of nitrogens with one attached hydrogen (secondary N) is 1. The Bertz CT molecular complexity index is 1230. The van der Waals surface area contributed by atoms with Crippen LogP contribution >= 0.6 is 11.3 Å². The second-order valence-electron chi connectivity index (χ2n) is 6.99. The van der Waals surface area contributed by atoms with Gasteiger partial charge >= 0.3 is 5.97 Å². The van der Waals surface area contributed by atoms with Crippen LogP contribution in [0.5, 0.6) is 0 Å². The lowest BCUT2D eigenvalue weighted by Gasteiger charge is -2.23. The van der Waals surface area contributed by atoms with Crippen LogP contribution in [0.3, 0.4) is 0 Å². The molecule has 0 radical (unpaired) electrons. The molecule has 0 saturated heterocycles. The number of hydrogen-bond acceptors (Lipinski definition) is 7. The number of amides is 1. The van der Waals surface area contributed by atoms with Gasteiger partial charge in [-0.1, -0.05) is 25.1 Å². The second-order valence-corrected chi connectivity index (χ2v) is 10.1. The van der Waals surface area contributed by atoms with Gasteiger partial charge in [-0.15, -0.1) is 11.3 Å². The average Bonchev–Trinajstić information content (AvgIpc) is 3.13. The molecule has 0 aliphatic rings. The maximum atomic E-state index is 13.3. The maximum absolute atomic E-state index is 13.3. The quantitative estimate of drug-likeness (QED) is 0.457. The summed E-state index contributed by atoms with van der Waals surface area (Å²) in [5.41, 5.74) is 1.42. The fourth-order valence-corrected chi connectivity index (χ4v) is 5.94. The number of thiophene rings is 1. The van der Waals surface area contributed by atoms with Gasteiger partial charge in [0.1, 0.15) is 11.5 Å². The van der Waals surface area contributed by atoms with Crippen LogP contribution in [0.25, 0.3) is 0 Å². The Balaban J connectivity index is 1.94. The van der Waals surface area contributed by atoms with Crippen molar-refractivity contribution < 1.29 is 22.7 Å². The SMILES string of the molecule is CCOC(=O)c1c(NC(=O)CN(c2ccncc2)S(=O)(=O)c2ccccc2)sc(C)c1CC. The summed E-state index contributed by atoms with van der Waals surface area (Å²) in [5, 5.41) is 3.07. The number of sulfonamides is 1. The molecule has 0 atom stereocenters. The van der Waals surface area contributed by atoms with Crippen LogP contribution in [0.1, 0.15) is 34.6 Å². The van der Waals surface area contributed by atoms with Gasteiger partial charge in [0.15, 0.2) is 0 Å². The number of pyridine rings is 1. The van der Waals surface area contributed by atoms with E-state index in [1.54, 1.807) is 25.1 Å². The summed E-state index contributed by atoms with van der Waals surface area (Å²) in [5.74, 6) is -1.10. The van der Waals surface area contributed by atoms with Crippen LogP contribution in [-0.4, -0.2) is 38.4 Å². The first kappa shape index (κ1) is 24.4. The Morgan fingerprint density at radius 3 is 2.36 bits per heavy atom. The first-order valence-electron chi connectivity index (χ1n) is 10.4. The van der Waals surface area contributed by atoms with Crippen molar-refractivity contribution >= 4 is 43.9 Å². The van der Waals surface area contributed by atoms with Crippen molar-refractivity contribution in [1.29, 1.82) is 0 Å². The van der Waals surface area contributed by atoms with Crippen molar-refractivity contribution in [2.75, 3.05) is 22.8 Å². The van der Waals surface area contributed by atoms with E-state index in [0.717, 1.165) is 14.7 Å². The Labute approximate surface area is 197 Å². The molecule has 3 aromatic rings. The minimum atomic E-state index is -4.03. The number of carbonyl (C=O) groups excluding carboxylic acids is 2. The number of rotatable bonds is 9. The van der Waals surface area contributed by atoms with Gasteiger partial charge in [-0.3, -0.25) is 14.1 Å². The summed E-state index contributed by atoms with van der Waals surface area (Å²) in [7, 11) is -4.03. The molecule has 0 saturated carbocycles. The minimum Gasteiger partial charge on any atom is -0.462 e. The van der Waals surface area contributed by atoms with Gasteiger partial charge in [-0.05, 0) is 50.1 Å². The number of anilines is 2. The fourth-order valence-electron chi connectivity index (χ4n) is 3.35. The Kier molecular flexibility index (Phi) is 7.83. The summed E-state index contributed by atoms with van der Waals surface area (Å²) < 4.78 is 32.9. The molecular formula is C23H25N3O5S2. The highest BCUT2D eigenvalue weighted by Gasteiger charge is 2.29. The lowest BCUT2D eigenvalue weighted by molar-refractivity contribution is -0.114. The number of nitrogens with zero attached hydrogens (tertiary/aromatic N) is 2. The molecule has 2 aromatic heterocycles. The highest BCUT2D eigenvalue weighted by atomic mass is 32.2. The molecule has 1 N–H and O–H groups in total. The number of esters is 1. The third kappa shape index (κ3) is 5.40. The van der Waals surface area contributed by atoms with E-state index in [0.29, 0.717) is 22.7 Å². The molecule has 0 spiro atoms. The smallest absolute Gasteiger partial charge is 0.341 e. The number of aromatic nitrogens is 1. The fraction of sp³-hybridized carbons (Fsp3) is 0.261. The van der Waals surface area contributed by atoms with Crippen LogP contribution in [0, 0.1) is 6.92 Å². The van der Waals surface area contributed by atoms with E-state index in [2.05, 4.69) is 10.3 Å². The summed E-state index contributed by atoms with van der Waals surface area (Å²) >= 11 is 1.26. The van der Waals surface area contributed by atoms with Crippen molar-refractivity contribution in [1.82, 2.24) is 4.98 Å². The molecule has 0 aliphatic carbocycles. The molecule has 3 rings (SSSR count). The molecule has 174 valence electrons. The summed E-state index contributed by atoms with van der Waals surface area (Å²) in [4.78, 5) is 30.5. The number of benzene rings is 1. The lowest BCUT2D eigenvalue weighted by Crippen LogP contribution is -2.38. The topological polar surface area (TPSA) is 106 Å². The third-order valence-corrected chi connectivity index (χ3v) is 7.72. The molecule has 10 heteroatoms. The normalized spacial score (nSPS) is 11.1. The zero-order valence-corrected chi connectivity index (χ0v) is 20.2. The second kappa shape index (κ2) is 10.6. The first-order chi connectivity index (χ1) is 15.8. The van der Waals surface area contributed by atoms with Gasteiger partial charge in [-0.25, -0.2) is 13.2 Å². The molecule has 1 amide bonds. The number of carbonyl (C=O) groups is 2. The van der Waals surface area contributed by atoms with Crippen molar-refractivity contribution in [3.8, 4) is 0 Å². The van der Waals surface area contributed by atoms with Crippen molar-refractivity contribution in [3.63, 3.8) is 0 Å². The first-order valence-corrected chi connectivity index (χ1v) is 12.6. The van der Waals surface area contributed by atoms with Gasteiger partial charge in [0.2, 0.25) is 5.91 Å². The average molecular weight is 488 g/mol. The molecular weight excluding hydrogens is 462 g/mol. The minimum absolute atomic E-state index is 0.0575. The molecule has 0 unspecified atom stereocenters. The van der Waals surface area contributed by atoms with E-state index < -0.39 is 28.4 Å². The molecule has 8 nitrogen and oxygen atoms in total. The van der Waals surface area contributed by atoms with Crippen LogP contribution in [-0.2, 0) is 26.0 Å². The lowest BCUT2D eigenvalue weighted by atomic mass is 10.1. The van der Waals surface area contributed by atoms with E-state index in [-0.39, 0.29) is 11.5 Å². The van der Waals surface area contributed by atoms with E-state index in [4.69, 9.17) is 4.74 Å². The highest BCUT2D eigenvalue weighted by Crippen LogP contribution is 2.34. The maximum Gasteiger partial charge on any atom is 0.341 e. The summed E-state index contributed by atoms with van der Waals surface area (Å²) in [6, 6.07) is 10.9. The summed E-state index contributed by atoms with van der Waals surface area (Å²) in [6.07, 6.45) is 3.50. The van der Waals surface area contributed by atoms with Gasteiger partial charge in [0.05, 0.1) is 22.8 Å².